The Hall–Kier alpha value is -0.610. The second kappa shape index (κ2) is 9.73. The van der Waals surface area contributed by atoms with Crippen LogP contribution in [0.25, 0.3) is 0 Å². The number of anilines is 1. The Bertz CT molecular complexity index is 602. The van der Waals surface area contributed by atoms with Crippen molar-refractivity contribution < 1.29 is 16.2 Å². The molecule has 0 unspecified atom stereocenters. The molecule has 2 atom stereocenters. The molecule has 0 bridgehead atoms. The second-order valence-corrected chi connectivity index (χ2v) is 8.20. The predicted molar refractivity (Wildman–Crippen MR) is 108 cm³/mol. The van der Waals surface area contributed by atoms with Crippen LogP contribution in [0.3, 0.4) is 0 Å². The molecule has 1 aromatic heterocycles. The molecule has 2 saturated heterocycles. The molecule has 0 radical (unpaired) electrons. The number of piperidine rings is 2. The molecule has 8 heteroatoms. The lowest BCUT2D eigenvalue weighted by Crippen LogP contribution is -2.46. The van der Waals surface area contributed by atoms with Gasteiger partial charge in [-0.1, -0.05) is 12.5 Å². The molecule has 1 aromatic rings. The average Bonchev–Trinajstić information content (AvgIpc) is 2.67. The van der Waals surface area contributed by atoms with Crippen LogP contribution in [0.2, 0.25) is 0 Å². The monoisotopic (exact) mass is 497 g/mol. The van der Waals surface area contributed by atoms with Crippen LogP contribution in [0.1, 0.15) is 44.2 Å². The number of nitrogens with zero attached hydrogens (tertiary/aromatic N) is 3. The van der Waals surface area contributed by atoms with Crippen molar-refractivity contribution in [1.82, 2.24) is 9.88 Å². The normalized spacial score (nSPS) is 25.0. The zero-order valence-corrected chi connectivity index (χ0v) is 17.6. The Balaban J connectivity index is 1.62. The van der Waals surface area contributed by atoms with E-state index in [0.717, 1.165) is 58.1 Å². The average molecular weight is 497 g/mol. The Morgan fingerprint density at radius 1 is 1.15 bits per heavy atom. The summed E-state index contributed by atoms with van der Waals surface area (Å²) in [4.78, 5) is 8.47. The maximum Gasteiger partial charge on any atom is 0.433 e. The summed E-state index contributed by atoms with van der Waals surface area (Å²) in [5.41, 5.74) is -0.808. The van der Waals surface area contributed by atoms with E-state index in [1.165, 1.54) is 25.3 Å². The lowest BCUT2D eigenvalue weighted by molar-refractivity contribution is -0.141. The number of hydrogen-bond donors (Lipinski definition) is 0. The van der Waals surface area contributed by atoms with Crippen molar-refractivity contribution >= 4 is 28.8 Å². The fourth-order valence-electron chi connectivity index (χ4n) is 4.32. The number of likely N-dealkylation sites (tertiary alicyclic amines) is 1. The van der Waals surface area contributed by atoms with Gasteiger partial charge < -0.3 is 7.97 Å². The Labute approximate surface area is 173 Å². The summed E-state index contributed by atoms with van der Waals surface area (Å²) >= 11 is 1.95. The summed E-state index contributed by atoms with van der Waals surface area (Å²) in [5.74, 6) is 0.916. The largest absolute Gasteiger partial charge is 0.433 e. The fraction of sp³-hybridized carbons (Fsp3) is 0.737. The molecular formula is C19H27F3IN3O. The smallest absolute Gasteiger partial charge is 0.356 e. The quantitative estimate of drug-likeness (QED) is 0.522. The highest BCUT2D eigenvalue weighted by molar-refractivity contribution is 14.1. The van der Waals surface area contributed by atoms with E-state index in [4.69, 9.17) is 3.07 Å². The van der Waals surface area contributed by atoms with Crippen molar-refractivity contribution in [3.8, 4) is 0 Å². The van der Waals surface area contributed by atoms with Crippen LogP contribution in [0, 0.1) is 5.92 Å². The van der Waals surface area contributed by atoms with Crippen LogP contribution in [0.5, 0.6) is 0 Å². The van der Waals surface area contributed by atoms with E-state index in [-0.39, 0.29) is 0 Å². The lowest BCUT2D eigenvalue weighted by Gasteiger charge is -2.41. The second-order valence-electron chi connectivity index (χ2n) is 7.58. The first-order valence-corrected chi connectivity index (χ1v) is 10.6. The molecule has 4 nitrogen and oxygen atoms in total. The van der Waals surface area contributed by atoms with Gasteiger partial charge in [0.25, 0.3) is 0 Å². The Kier molecular flexibility index (Phi) is 7.61. The highest BCUT2D eigenvalue weighted by Crippen LogP contribution is 2.31. The minimum atomic E-state index is -4.40. The first kappa shape index (κ1) is 21.1. The first-order valence-electron chi connectivity index (χ1n) is 9.74. The van der Waals surface area contributed by atoms with E-state index in [0.29, 0.717) is 17.8 Å². The first-order chi connectivity index (χ1) is 13.0. The SMILES string of the molecule is FC(F)(F)c1cccc(N2CCC[C@@H](CN3CCCC[C@H]3CCOI)C2)n1. The molecule has 3 rings (SSSR count). The molecule has 0 aromatic carbocycles. The third kappa shape index (κ3) is 5.93. The highest BCUT2D eigenvalue weighted by atomic mass is 127. The minimum absolute atomic E-state index is 0.447. The van der Waals surface area contributed by atoms with E-state index in [1.807, 2.05) is 27.9 Å². The van der Waals surface area contributed by atoms with Gasteiger partial charge in [0.05, 0.1) is 6.61 Å². The molecule has 27 heavy (non-hydrogen) atoms. The van der Waals surface area contributed by atoms with Gasteiger partial charge in [-0.05, 0) is 56.7 Å². The van der Waals surface area contributed by atoms with Crippen molar-refractivity contribution in [2.24, 2.45) is 5.92 Å². The zero-order chi connectivity index (χ0) is 19.3. The van der Waals surface area contributed by atoms with Crippen molar-refractivity contribution in [1.29, 1.82) is 0 Å². The van der Waals surface area contributed by atoms with Gasteiger partial charge in [0.1, 0.15) is 34.5 Å². The molecule has 0 saturated carbocycles. The van der Waals surface area contributed by atoms with E-state index >= 15 is 0 Å². The van der Waals surface area contributed by atoms with E-state index < -0.39 is 11.9 Å². The van der Waals surface area contributed by atoms with Crippen LogP contribution in [0.4, 0.5) is 19.0 Å². The zero-order valence-electron chi connectivity index (χ0n) is 15.4. The number of aromatic nitrogens is 1. The van der Waals surface area contributed by atoms with Crippen LogP contribution in [-0.4, -0.2) is 48.7 Å². The molecular weight excluding hydrogens is 470 g/mol. The molecule has 0 N–H and O–H groups in total. The number of halogens is 4. The van der Waals surface area contributed by atoms with Gasteiger partial charge in [-0.15, -0.1) is 0 Å². The standard InChI is InChI=1S/C19H27F3IN3O/c20-19(21,22)17-7-3-8-18(24-17)26-11-4-5-15(14-26)13-25-10-2-1-6-16(25)9-12-27-23/h3,7-8,15-16H,1-2,4-6,9-14H2/t15-,16-/m0/s1. The summed E-state index contributed by atoms with van der Waals surface area (Å²) in [5, 5.41) is 0. The molecule has 152 valence electrons. The summed E-state index contributed by atoms with van der Waals surface area (Å²) in [6, 6.07) is 4.76. The van der Waals surface area contributed by atoms with Gasteiger partial charge >= 0.3 is 6.18 Å². The third-order valence-electron chi connectivity index (χ3n) is 5.64. The van der Waals surface area contributed by atoms with E-state index in [9.17, 15) is 13.2 Å². The molecule has 0 amide bonds. The van der Waals surface area contributed by atoms with Crippen molar-refractivity contribution in [3.63, 3.8) is 0 Å². The minimum Gasteiger partial charge on any atom is -0.356 e. The molecule has 2 fully saturated rings. The van der Waals surface area contributed by atoms with Gasteiger partial charge in [0.2, 0.25) is 0 Å². The number of rotatable bonds is 6. The van der Waals surface area contributed by atoms with Crippen LogP contribution >= 0.6 is 23.0 Å². The Morgan fingerprint density at radius 2 is 2.00 bits per heavy atom. The highest BCUT2D eigenvalue weighted by Gasteiger charge is 2.33. The van der Waals surface area contributed by atoms with Gasteiger partial charge in [0, 0.05) is 25.7 Å². The summed E-state index contributed by atoms with van der Waals surface area (Å²) in [6.45, 7) is 4.45. The molecule has 3 heterocycles. The van der Waals surface area contributed by atoms with Crippen LogP contribution in [-0.2, 0) is 9.24 Å². The number of pyridine rings is 1. The van der Waals surface area contributed by atoms with Crippen molar-refractivity contribution in [2.45, 2.75) is 50.7 Å². The van der Waals surface area contributed by atoms with Crippen LogP contribution in [0.15, 0.2) is 18.2 Å². The number of alkyl halides is 3. The van der Waals surface area contributed by atoms with E-state index in [2.05, 4.69) is 9.88 Å². The van der Waals surface area contributed by atoms with Gasteiger partial charge in [-0.25, -0.2) is 4.98 Å². The van der Waals surface area contributed by atoms with Crippen molar-refractivity contribution in [2.75, 3.05) is 37.7 Å². The van der Waals surface area contributed by atoms with E-state index in [1.54, 1.807) is 6.07 Å². The Morgan fingerprint density at radius 3 is 2.78 bits per heavy atom. The third-order valence-corrected chi connectivity index (χ3v) is 6.08. The lowest BCUT2D eigenvalue weighted by atomic mass is 9.93. The molecule has 0 spiro atoms. The topological polar surface area (TPSA) is 28.6 Å². The fourth-order valence-corrected chi connectivity index (χ4v) is 4.57. The summed E-state index contributed by atoms with van der Waals surface area (Å²) in [7, 11) is 0. The molecule has 0 aliphatic carbocycles. The molecule has 2 aliphatic heterocycles. The summed E-state index contributed by atoms with van der Waals surface area (Å²) in [6.07, 6.45) is 2.49. The van der Waals surface area contributed by atoms with Gasteiger partial charge in [-0.2, -0.15) is 13.2 Å². The van der Waals surface area contributed by atoms with Gasteiger partial charge in [0.15, 0.2) is 0 Å². The maximum atomic E-state index is 13.0. The van der Waals surface area contributed by atoms with Gasteiger partial charge in [-0.3, -0.25) is 4.90 Å². The molecule has 2 aliphatic rings. The predicted octanol–water partition coefficient (Wildman–Crippen LogP) is 4.93. The maximum absolute atomic E-state index is 13.0. The van der Waals surface area contributed by atoms with Crippen molar-refractivity contribution in [3.05, 3.63) is 23.9 Å². The van der Waals surface area contributed by atoms with Crippen LogP contribution < -0.4 is 4.90 Å². The number of hydrogen-bond acceptors (Lipinski definition) is 4. The summed E-state index contributed by atoms with van der Waals surface area (Å²) < 4.78 is 44.1.